The second-order valence-electron chi connectivity index (χ2n) is 6.33. The average Bonchev–Trinajstić information content (AvgIpc) is 2.43. The lowest BCUT2D eigenvalue weighted by molar-refractivity contribution is 0.280. The number of piperidine rings is 1. The molecule has 1 heterocycles. The number of nitrogens with two attached hydrogens (primary N) is 1. The highest BCUT2D eigenvalue weighted by molar-refractivity contribution is 14.0. The molecule has 6 nitrogen and oxygen atoms in total. The molecule has 1 aliphatic rings. The normalized spacial score (nSPS) is 17.4. The van der Waals surface area contributed by atoms with Gasteiger partial charge in [-0.3, -0.25) is 4.99 Å². The van der Waals surface area contributed by atoms with Crippen molar-refractivity contribution in [3.63, 3.8) is 0 Å². The van der Waals surface area contributed by atoms with Gasteiger partial charge in [-0.05, 0) is 55.9 Å². The Bertz CT molecular complexity index is 663. The maximum absolute atomic E-state index is 11.5. The molecular formula is C16H27IN4O2S. The minimum absolute atomic E-state index is 0. The summed E-state index contributed by atoms with van der Waals surface area (Å²) in [5, 5.41) is 3.12. The van der Waals surface area contributed by atoms with Crippen LogP contribution in [-0.2, 0) is 10.0 Å². The molecule has 1 aliphatic heterocycles. The maximum Gasteiger partial charge on any atom is 0.211 e. The van der Waals surface area contributed by atoms with E-state index in [9.17, 15) is 8.42 Å². The lowest BCUT2D eigenvalue weighted by Crippen LogP contribution is -2.38. The number of benzene rings is 1. The summed E-state index contributed by atoms with van der Waals surface area (Å²) >= 11 is 0. The van der Waals surface area contributed by atoms with E-state index in [1.807, 2.05) is 26.0 Å². The number of halogens is 1. The topological polar surface area (TPSA) is 87.8 Å². The molecular weight excluding hydrogens is 439 g/mol. The van der Waals surface area contributed by atoms with Crippen LogP contribution in [0.15, 0.2) is 23.2 Å². The van der Waals surface area contributed by atoms with Gasteiger partial charge in [0.25, 0.3) is 0 Å². The lowest BCUT2D eigenvalue weighted by Gasteiger charge is -2.29. The summed E-state index contributed by atoms with van der Waals surface area (Å²) in [6.45, 7) is 5.86. The summed E-state index contributed by atoms with van der Waals surface area (Å²) < 4.78 is 24.5. The maximum atomic E-state index is 11.5. The van der Waals surface area contributed by atoms with E-state index in [1.165, 1.54) is 21.7 Å². The summed E-state index contributed by atoms with van der Waals surface area (Å²) in [6, 6.07) is 6.16. The molecule has 1 saturated heterocycles. The van der Waals surface area contributed by atoms with E-state index in [0.717, 1.165) is 18.5 Å². The minimum atomic E-state index is -3.07. The largest absolute Gasteiger partial charge is 0.370 e. The second kappa shape index (κ2) is 9.00. The number of aryl methyl sites for hydroxylation is 2. The van der Waals surface area contributed by atoms with E-state index >= 15 is 0 Å². The summed E-state index contributed by atoms with van der Waals surface area (Å²) in [6.07, 6.45) is 2.91. The number of rotatable bonds is 4. The van der Waals surface area contributed by atoms with Crippen LogP contribution in [0.25, 0.3) is 0 Å². The SMILES string of the molecule is Cc1cc(C)cc(NC(N)=NCC2CCN(S(C)(=O)=O)CC2)c1.I. The molecule has 0 atom stereocenters. The monoisotopic (exact) mass is 466 g/mol. The van der Waals surface area contributed by atoms with Gasteiger partial charge in [-0.1, -0.05) is 6.07 Å². The second-order valence-corrected chi connectivity index (χ2v) is 8.32. The first-order chi connectivity index (χ1) is 10.7. The molecule has 0 bridgehead atoms. The van der Waals surface area contributed by atoms with Crippen molar-refractivity contribution in [3.05, 3.63) is 29.3 Å². The Labute approximate surface area is 162 Å². The van der Waals surface area contributed by atoms with Crippen LogP contribution in [-0.4, -0.2) is 44.6 Å². The van der Waals surface area contributed by atoms with E-state index in [-0.39, 0.29) is 24.0 Å². The molecule has 3 N–H and O–H groups in total. The highest BCUT2D eigenvalue weighted by Gasteiger charge is 2.24. The van der Waals surface area contributed by atoms with Crippen molar-refractivity contribution in [3.8, 4) is 0 Å². The molecule has 1 aromatic rings. The van der Waals surface area contributed by atoms with E-state index in [0.29, 0.717) is 31.5 Å². The fraction of sp³-hybridized carbons (Fsp3) is 0.562. The fourth-order valence-corrected chi connectivity index (χ4v) is 3.76. The quantitative estimate of drug-likeness (QED) is 0.405. The molecule has 2 rings (SSSR count). The number of hydrogen-bond acceptors (Lipinski definition) is 3. The molecule has 0 aromatic heterocycles. The van der Waals surface area contributed by atoms with Crippen molar-refractivity contribution in [2.75, 3.05) is 31.2 Å². The van der Waals surface area contributed by atoms with Crippen molar-refractivity contribution < 1.29 is 8.42 Å². The standard InChI is InChI=1S/C16H26N4O2S.HI/c1-12-8-13(2)10-15(9-12)19-16(17)18-11-14-4-6-20(7-5-14)23(3,21)22;/h8-10,14H,4-7,11H2,1-3H3,(H3,17,18,19);1H. The third kappa shape index (κ3) is 6.56. The smallest absolute Gasteiger partial charge is 0.211 e. The molecule has 1 fully saturated rings. The van der Waals surface area contributed by atoms with Crippen LogP contribution < -0.4 is 11.1 Å². The lowest BCUT2D eigenvalue weighted by atomic mass is 9.98. The molecule has 8 heteroatoms. The van der Waals surface area contributed by atoms with E-state index in [4.69, 9.17) is 5.73 Å². The van der Waals surface area contributed by atoms with E-state index in [1.54, 1.807) is 0 Å². The number of nitrogens with zero attached hydrogens (tertiary/aromatic N) is 2. The molecule has 0 aliphatic carbocycles. The van der Waals surface area contributed by atoms with Crippen molar-refractivity contribution in [2.24, 2.45) is 16.6 Å². The Morgan fingerprint density at radius 1 is 1.25 bits per heavy atom. The van der Waals surface area contributed by atoms with Crippen LogP contribution in [0.3, 0.4) is 0 Å². The van der Waals surface area contributed by atoms with Gasteiger partial charge >= 0.3 is 0 Å². The van der Waals surface area contributed by atoms with Gasteiger partial charge < -0.3 is 11.1 Å². The van der Waals surface area contributed by atoms with Gasteiger partial charge in [0.1, 0.15) is 0 Å². The summed E-state index contributed by atoms with van der Waals surface area (Å²) in [4.78, 5) is 4.41. The Morgan fingerprint density at radius 2 is 1.79 bits per heavy atom. The zero-order chi connectivity index (χ0) is 17.0. The zero-order valence-corrected chi connectivity index (χ0v) is 17.6. The van der Waals surface area contributed by atoms with Gasteiger partial charge in [0.15, 0.2) is 5.96 Å². The minimum Gasteiger partial charge on any atom is -0.370 e. The predicted octanol–water partition coefficient (Wildman–Crippen LogP) is 2.32. The Balaban J connectivity index is 0.00000288. The molecule has 0 saturated carbocycles. The summed E-state index contributed by atoms with van der Waals surface area (Å²) in [5.74, 6) is 0.785. The molecule has 24 heavy (non-hydrogen) atoms. The van der Waals surface area contributed by atoms with Gasteiger partial charge in [0.05, 0.1) is 6.26 Å². The van der Waals surface area contributed by atoms with Gasteiger partial charge in [0, 0.05) is 25.3 Å². The number of anilines is 1. The number of guanidine groups is 1. The van der Waals surface area contributed by atoms with Crippen LogP contribution in [0.4, 0.5) is 5.69 Å². The van der Waals surface area contributed by atoms with Crippen molar-refractivity contribution in [1.29, 1.82) is 0 Å². The molecule has 1 aromatic carbocycles. The fourth-order valence-electron chi connectivity index (χ4n) is 2.89. The molecule has 0 radical (unpaired) electrons. The summed E-state index contributed by atoms with van der Waals surface area (Å²) in [5.41, 5.74) is 9.24. The van der Waals surface area contributed by atoms with Crippen LogP contribution in [0.1, 0.15) is 24.0 Å². The predicted molar refractivity (Wildman–Crippen MR) is 111 cm³/mol. The van der Waals surface area contributed by atoms with Crippen LogP contribution in [0.2, 0.25) is 0 Å². The average molecular weight is 466 g/mol. The van der Waals surface area contributed by atoms with Crippen LogP contribution >= 0.6 is 24.0 Å². The van der Waals surface area contributed by atoms with Crippen molar-refractivity contribution in [2.45, 2.75) is 26.7 Å². The first-order valence-electron chi connectivity index (χ1n) is 7.84. The Kier molecular flexibility index (Phi) is 7.94. The highest BCUT2D eigenvalue weighted by atomic mass is 127. The number of sulfonamides is 1. The van der Waals surface area contributed by atoms with Gasteiger partial charge in [0.2, 0.25) is 10.0 Å². The zero-order valence-electron chi connectivity index (χ0n) is 14.4. The summed E-state index contributed by atoms with van der Waals surface area (Å²) in [7, 11) is -3.07. The van der Waals surface area contributed by atoms with Crippen molar-refractivity contribution >= 4 is 45.6 Å². The van der Waals surface area contributed by atoms with Gasteiger partial charge in [-0.2, -0.15) is 0 Å². The number of nitrogens with one attached hydrogen (secondary N) is 1. The van der Waals surface area contributed by atoms with E-state index < -0.39 is 10.0 Å². The molecule has 0 unspecified atom stereocenters. The third-order valence-electron chi connectivity index (χ3n) is 4.06. The molecule has 0 amide bonds. The number of aliphatic imine (C=N–C) groups is 1. The highest BCUT2D eigenvalue weighted by Crippen LogP contribution is 2.19. The van der Waals surface area contributed by atoms with E-state index in [2.05, 4.69) is 16.4 Å². The van der Waals surface area contributed by atoms with Crippen molar-refractivity contribution in [1.82, 2.24) is 4.31 Å². The van der Waals surface area contributed by atoms with Crippen LogP contribution in [0, 0.1) is 19.8 Å². The number of hydrogen-bond donors (Lipinski definition) is 2. The van der Waals surface area contributed by atoms with Gasteiger partial charge in [-0.15, -0.1) is 24.0 Å². The Morgan fingerprint density at radius 3 is 2.29 bits per heavy atom. The van der Waals surface area contributed by atoms with Crippen LogP contribution in [0.5, 0.6) is 0 Å². The first-order valence-corrected chi connectivity index (χ1v) is 9.69. The molecule has 136 valence electrons. The first kappa shape index (κ1) is 21.2. The van der Waals surface area contributed by atoms with Gasteiger partial charge in [-0.25, -0.2) is 12.7 Å². The third-order valence-corrected chi connectivity index (χ3v) is 5.36. The molecule has 0 spiro atoms. The Hall–Kier alpha value is -0.870.